The van der Waals surface area contributed by atoms with E-state index in [2.05, 4.69) is 36.3 Å². The number of hydrogen-bond donors (Lipinski definition) is 3. The molecule has 0 spiro atoms. The summed E-state index contributed by atoms with van der Waals surface area (Å²) in [5.41, 5.74) is 1.41. The molecule has 3 N–H and O–H groups in total. The summed E-state index contributed by atoms with van der Waals surface area (Å²) in [7, 11) is 0. The summed E-state index contributed by atoms with van der Waals surface area (Å²) in [6.07, 6.45) is -0.411. The van der Waals surface area contributed by atoms with Crippen LogP contribution in [0, 0.1) is 11.2 Å². The number of aromatic amines is 1. The fraction of sp³-hybridized carbons (Fsp3) is 0.412. The van der Waals surface area contributed by atoms with Crippen molar-refractivity contribution in [3.8, 4) is 0 Å². The van der Waals surface area contributed by atoms with Crippen LogP contribution in [-0.4, -0.2) is 21.2 Å². The first kappa shape index (κ1) is 17.1. The molecule has 23 heavy (non-hydrogen) atoms. The molecule has 6 heteroatoms. The normalized spacial score (nSPS) is 12.9. The lowest BCUT2D eigenvalue weighted by Gasteiger charge is -2.15. The van der Waals surface area contributed by atoms with E-state index >= 15 is 0 Å². The van der Waals surface area contributed by atoms with Crippen LogP contribution >= 0.6 is 0 Å². The van der Waals surface area contributed by atoms with E-state index in [4.69, 9.17) is 0 Å². The number of carbonyl (C=O) groups excluding carboxylic acids is 1. The van der Waals surface area contributed by atoms with Gasteiger partial charge in [-0.1, -0.05) is 32.9 Å². The van der Waals surface area contributed by atoms with Crippen LogP contribution in [0.4, 0.5) is 10.2 Å². The van der Waals surface area contributed by atoms with Gasteiger partial charge in [-0.3, -0.25) is 9.89 Å². The summed E-state index contributed by atoms with van der Waals surface area (Å²) >= 11 is 0. The number of rotatable bonds is 5. The number of hydrogen-bond acceptors (Lipinski definition) is 3. The van der Waals surface area contributed by atoms with Crippen molar-refractivity contribution in [2.24, 2.45) is 5.41 Å². The molecule has 1 amide bonds. The number of benzene rings is 1. The molecule has 1 unspecified atom stereocenters. The van der Waals surface area contributed by atoms with Gasteiger partial charge in [0.1, 0.15) is 5.82 Å². The Morgan fingerprint density at radius 3 is 2.78 bits per heavy atom. The van der Waals surface area contributed by atoms with Crippen LogP contribution in [0.5, 0.6) is 0 Å². The summed E-state index contributed by atoms with van der Waals surface area (Å²) in [5.74, 6) is -0.405. The van der Waals surface area contributed by atoms with Crippen LogP contribution in [0.25, 0.3) is 0 Å². The van der Waals surface area contributed by atoms with Gasteiger partial charge in [-0.05, 0) is 29.5 Å². The van der Waals surface area contributed by atoms with Gasteiger partial charge in [0.05, 0.1) is 12.5 Å². The number of amides is 1. The van der Waals surface area contributed by atoms with Crippen LogP contribution < -0.4 is 5.32 Å². The number of H-pyrrole nitrogens is 1. The molecule has 0 aliphatic rings. The van der Waals surface area contributed by atoms with Crippen molar-refractivity contribution in [3.63, 3.8) is 0 Å². The smallest absolute Gasteiger partial charge is 0.228 e. The fourth-order valence-electron chi connectivity index (χ4n) is 2.29. The monoisotopic (exact) mass is 319 g/mol. The van der Waals surface area contributed by atoms with E-state index in [1.165, 1.54) is 18.2 Å². The molecule has 124 valence electrons. The zero-order chi connectivity index (χ0) is 17.0. The first-order chi connectivity index (χ1) is 10.7. The first-order valence-electron chi connectivity index (χ1n) is 7.50. The highest BCUT2D eigenvalue weighted by Gasteiger charge is 2.16. The molecule has 0 bridgehead atoms. The number of halogens is 1. The SMILES string of the molecule is CC(C)(C)Cc1cc(NC(=O)CC(O)c2cccc(F)c2)n[nH]1. The molecule has 1 aromatic carbocycles. The highest BCUT2D eigenvalue weighted by atomic mass is 19.1. The van der Waals surface area contributed by atoms with E-state index in [1.807, 2.05) is 0 Å². The molecule has 0 aliphatic heterocycles. The van der Waals surface area contributed by atoms with Gasteiger partial charge < -0.3 is 10.4 Å². The second kappa shape index (κ2) is 6.91. The largest absolute Gasteiger partial charge is 0.388 e. The third kappa shape index (κ3) is 5.49. The minimum atomic E-state index is -1.06. The van der Waals surface area contributed by atoms with Crippen LogP contribution in [0.1, 0.15) is 44.6 Å². The lowest BCUT2D eigenvalue weighted by Crippen LogP contribution is -2.15. The Hall–Kier alpha value is -2.21. The number of nitrogens with one attached hydrogen (secondary N) is 2. The standard InChI is InChI=1S/C17H22FN3O2/c1-17(2,3)10-13-8-15(21-20-13)19-16(23)9-14(22)11-5-4-6-12(18)7-11/h4-8,14,22H,9-10H2,1-3H3,(H2,19,20,21,23). The molecule has 2 aromatic rings. The third-order valence-electron chi connectivity index (χ3n) is 3.23. The number of carbonyl (C=O) groups is 1. The Morgan fingerprint density at radius 1 is 1.39 bits per heavy atom. The van der Waals surface area contributed by atoms with Crippen molar-refractivity contribution in [2.75, 3.05) is 5.32 Å². The second-order valence-corrected chi connectivity index (χ2v) is 6.84. The Balaban J connectivity index is 1.92. The molecule has 0 saturated carbocycles. The molecule has 0 fully saturated rings. The molecule has 1 atom stereocenters. The van der Waals surface area contributed by atoms with Gasteiger partial charge >= 0.3 is 0 Å². The lowest BCUT2D eigenvalue weighted by atomic mass is 9.91. The van der Waals surface area contributed by atoms with E-state index in [0.29, 0.717) is 11.4 Å². The topological polar surface area (TPSA) is 78.0 Å². The van der Waals surface area contributed by atoms with Crippen molar-refractivity contribution in [1.29, 1.82) is 0 Å². The van der Waals surface area contributed by atoms with Crippen molar-refractivity contribution in [2.45, 2.75) is 39.7 Å². The third-order valence-corrected chi connectivity index (χ3v) is 3.23. The van der Waals surface area contributed by atoms with Crippen LogP contribution in [-0.2, 0) is 11.2 Å². The van der Waals surface area contributed by atoms with E-state index in [0.717, 1.165) is 12.1 Å². The van der Waals surface area contributed by atoms with Crippen LogP contribution in [0.15, 0.2) is 30.3 Å². The Labute approximate surface area is 134 Å². The first-order valence-corrected chi connectivity index (χ1v) is 7.50. The number of aromatic nitrogens is 2. The molecule has 1 heterocycles. The minimum absolute atomic E-state index is 0.112. The highest BCUT2D eigenvalue weighted by molar-refractivity contribution is 5.90. The molecule has 0 saturated heterocycles. The van der Waals surface area contributed by atoms with E-state index in [-0.39, 0.29) is 17.7 Å². The number of aliphatic hydroxyl groups excluding tert-OH is 1. The van der Waals surface area contributed by atoms with Crippen LogP contribution in [0.2, 0.25) is 0 Å². The van der Waals surface area contributed by atoms with Gasteiger partial charge in [0, 0.05) is 11.8 Å². The van der Waals surface area contributed by atoms with Crippen LogP contribution in [0.3, 0.4) is 0 Å². The van der Waals surface area contributed by atoms with Gasteiger partial charge in [0.2, 0.25) is 5.91 Å². The molecule has 1 aromatic heterocycles. The zero-order valence-electron chi connectivity index (χ0n) is 13.6. The number of anilines is 1. The molecule has 0 aliphatic carbocycles. The molecule has 5 nitrogen and oxygen atoms in total. The Morgan fingerprint density at radius 2 is 2.13 bits per heavy atom. The molecule has 2 rings (SSSR count). The zero-order valence-corrected chi connectivity index (χ0v) is 13.6. The number of nitrogens with zero attached hydrogens (tertiary/aromatic N) is 1. The molecular weight excluding hydrogens is 297 g/mol. The van der Waals surface area contributed by atoms with Crippen molar-refractivity contribution < 1.29 is 14.3 Å². The van der Waals surface area contributed by atoms with E-state index in [1.54, 1.807) is 12.1 Å². The summed E-state index contributed by atoms with van der Waals surface area (Å²) < 4.78 is 13.1. The van der Waals surface area contributed by atoms with Gasteiger partial charge in [0.15, 0.2) is 5.82 Å². The fourth-order valence-corrected chi connectivity index (χ4v) is 2.29. The van der Waals surface area contributed by atoms with Gasteiger partial charge in [-0.15, -0.1) is 0 Å². The Bertz CT molecular complexity index is 676. The average Bonchev–Trinajstić information content (AvgIpc) is 2.83. The van der Waals surface area contributed by atoms with Crippen molar-refractivity contribution in [3.05, 3.63) is 47.4 Å². The maximum atomic E-state index is 13.1. The minimum Gasteiger partial charge on any atom is -0.388 e. The van der Waals surface area contributed by atoms with E-state index in [9.17, 15) is 14.3 Å². The summed E-state index contributed by atoms with van der Waals surface area (Å²) in [6.45, 7) is 6.34. The van der Waals surface area contributed by atoms with Gasteiger partial charge in [-0.2, -0.15) is 5.10 Å². The predicted octanol–water partition coefficient (Wildman–Crippen LogP) is 3.20. The quantitative estimate of drug-likeness (QED) is 0.792. The summed E-state index contributed by atoms with van der Waals surface area (Å²) in [4.78, 5) is 12.0. The van der Waals surface area contributed by atoms with Crippen molar-refractivity contribution in [1.82, 2.24) is 10.2 Å². The Kier molecular flexibility index (Phi) is 5.15. The summed E-state index contributed by atoms with van der Waals surface area (Å²) in [6, 6.07) is 7.36. The van der Waals surface area contributed by atoms with E-state index < -0.39 is 11.9 Å². The predicted molar refractivity (Wildman–Crippen MR) is 86.4 cm³/mol. The average molecular weight is 319 g/mol. The second-order valence-electron chi connectivity index (χ2n) is 6.84. The molecule has 0 radical (unpaired) electrons. The maximum absolute atomic E-state index is 13.1. The van der Waals surface area contributed by atoms with Crippen molar-refractivity contribution >= 4 is 11.7 Å². The summed E-state index contributed by atoms with van der Waals surface area (Å²) in [5, 5.41) is 19.5. The lowest BCUT2D eigenvalue weighted by molar-refractivity contribution is -0.118. The highest BCUT2D eigenvalue weighted by Crippen LogP contribution is 2.21. The number of aliphatic hydroxyl groups is 1. The van der Waals surface area contributed by atoms with Gasteiger partial charge in [-0.25, -0.2) is 4.39 Å². The maximum Gasteiger partial charge on any atom is 0.228 e. The molecular formula is C17H22FN3O2. The van der Waals surface area contributed by atoms with Gasteiger partial charge in [0.25, 0.3) is 0 Å².